The second kappa shape index (κ2) is 10.3. The lowest BCUT2D eigenvalue weighted by atomic mass is 10.2. The molecule has 0 aliphatic heterocycles. The number of anilines is 1. The van der Waals surface area contributed by atoms with Crippen LogP contribution in [0.2, 0.25) is 15.1 Å². The van der Waals surface area contributed by atoms with Gasteiger partial charge in [-0.05, 0) is 18.2 Å². The lowest BCUT2D eigenvalue weighted by Crippen LogP contribution is -2.29. The number of carbonyl (C=O) groups excluding carboxylic acids is 2. The summed E-state index contributed by atoms with van der Waals surface area (Å²) in [5.41, 5.74) is 1.15. The summed E-state index contributed by atoms with van der Waals surface area (Å²) in [6.07, 6.45) is 0.314. The van der Waals surface area contributed by atoms with Gasteiger partial charge in [0.25, 0.3) is 5.91 Å². The fraction of sp³-hybridized carbons (Fsp3) is 0.211. The fourth-order valence-corrected chi connectivity index (χ4v) is 3.09. The summed E-state index contributed by atoms with van der Waals surface area (Å²) in [4.78, 5) is 34.1. The van der Waals surface area contributed by atoms with Crippen molar-refractivity contribution in [3.8, 4) is 5.75 Å². The maximum atomic E-state index is 12.0. The van der Waals surface area contributed by atoms with Crippen molar-refractivity contribution in [1.82, 2.24) is 5.32 Å². The fourth-order valence-electron chi connectivity index (χ4n) is 2.26. The van der Waals surface area contributed by atoms with Crippen molar-refractivity contribution in [2.24, 2.45) is 0 Å². The molecule has 2 aromatic rings. The highest BCUT2D eigenvalue weighted by molar-refractivity contribution is 6.37. The number of halogens is 3. The van der Waals surface area contributed by atoms with Crippen LogP contribution in [0.15, 0.2) is 30.3 Å². The summed E-state index contributed by atoms with van der Waals surface area (Å²) in [7, 11) is 0. The molecule has 7 nitrogen and oxygen atoms in total. The number of carbonyl (C=O) groups is 3. The van der Waals surface area contributed by atoms with Crippen LogP contribution in [0.3, 0.4) is 0 Å². The highest BCUT2D eigenvalue weighted by atomic mass is 35.5. The Bertz CT molecular complexity index is 926. The Hall–Kier alpha value is -2.48. The van der Waals surface area contributed by atoms with Crippen LogP contribution in [0.1, 0.15) is 29.3 Å². The average Bonchev–Trinajstić information content (AvgIpc) is 2.67. The quantitative estimate of drug-likeness (QED) is 0.543. The summed E-state index contributed by atoms with van der Waals surface area (Å²) in [5.74, 6) is -1.84. The minimum Gasteiger partial charge on any atom is -0.486 e. The van der Waals surface area contributed by atoms with E-state index in [4.69, 9.17) is 44.6 Å². The third-order valence-electron chi connectivity index (χ3n) is 3.71. The highest BCUT2D eigenvalue weighted by Crippen LogP contribution is 2.36. The summed E-state index contributed by atoms with van der Waals surface area (Å²) < 4.78 is 5.67. The van der Waals surface area contributed by atoms with Crippen LogP contribution >= 0.6 is 34.8 Å². The molecule has 0 saturated heterocycles. The van der Waals surface area contributed by atoms with Gasteiger partial charge in [-0.3, -0.25) is 14.4 Å². The van der Waals surface area contributed by atoms with Crippen molar-refractivity contribution in [2.75, 3.05) is 11.9 Å². The molecule has 29 heavy (non-hydrogen) atoms. The van der Waals surface area contributed by atoms with E-state index in [9.17, 15) is 14.4 Å². The van der Waals surface area contributed by atoms with Crippen LogP contribution in [-0.4, -0.2) is 29.4 Å². The number of ether oxygens (including phenoxy) is 1. The van der Waals surface area contributed by atoms with Gasteiger partial charge in [-0.15, -0.1) is 0 Å². The minimum absolute atomic E-state index is 0.0126. The van der Waals surface area contributed by atoms with Crippen molar-refractivity contribution in [2.45, 2.75) is 20.0 Å². The van der Waals surface area contributed by atoms with Gasteiger partial charge in [-0.2, -0.15) is 0 Å². The molecule has 0 fully saturated rings. The van der Waals surface area contributed by atoms with Crippen LogP contribution in [0.5, 0.6) is 5.75 Å². The normalized spacial score (nSPS) is 10.3. The van der Waals surface area contributed by atoms with Crippen LogP contribution in [0, 0.1) is 0 Å². The first-order chi connectivity index (χ1) is 13.7. The van der Waals surface area contributed by atoms with Gasteiger partial charge in [-0.25, -0.2) is 0 Å². The van der Waals surface area contributed by atoms with Gasteiger partial charge in [0.05, 0.1) is 20.8 Å². The molecule has 10 heteroatoms. The van der Waals surface area contributed by atoms with E-state index in [2.05, 4.69) is 10.6 Å². The monoisotopic (exact) mass is 458 g/mol. The topological polar surface area (TPSA) is 105 Å². The van der Waals surface area contributed by atoms with Gasteiger partial charge in [0.2, 0.25) is 5.91 Å². The first kappa shape index (κ1) is 22.8. The van der Waals surface area contributed by atoms with E-state index in [1.807, 2.05) is 0 Å². The molecule has 0 unspecified atom stereocenters. The van der Waals surface area contributed by atoms with E-state index in [1.165, 1.54) is 12.1 Å². The molecular weight excluding hydrogens is 443 g/mol. The molecule has 0 saturated carbocycles. The molecule has 2 aromatic carbocycles. The van der Waals surface area contributed by atoms with Crippen molar-refractivity contribution in [3.05, 3.63) is 56.5 Å². The van der Waals surface area contributed by atoms with Crippen LogP contribution < -0.4 is 15.4 Å². The number of amides is 2. The summed E-state index contributed by atoms with van der Waals surface area (Å²) >= 11 is 18.7. The van der Waals surface area contributed by atoms with Gasteiger partial charge in [-0.1, -0.05) is 53.9 Å². The van der Waals surface area contributed by atoms with E-state index in [1.54, 1.807) is 25.1 Å². The minimum atomic E-state index is -1.18. The van der Waals surface area contributed by atoms with Crippen molar-refractivity contribution in [3.63, 3.8) is 0 Å². The molecule has 0 aliphatic rings. The predicted octanol–water partition coefficient (Wildman–Crippen LogP) is 4.39. The van der Waals surface area contributed by atoms with E-state index in [0.29, 0.717) is 22.7 Å². The first-order valence-corrected chi connectivity index (χ1v) is 9.55. The zero-order valence-corrected chi connectivity index (χ0v) is 17.5. The lowest BCUT2D eigenvalue weighted by molar-refractivity contribution is -0.135. The molecular formula is C19H17Cl3N2O5. The van der Waals surface area contributed by atoms with E-state index in [0.717, 1.165) is 0 Å². The highest BCUT2D eigenvalue weighted by Gasteiger charge is 2.16. The molecule has 2 rings (SSSR count). The third-order valence-corrected chi connectivity index (χ3v) is 4.71. The third kappa shape index (κ3) is 6.25. The standard InChI is InChI=1S/C19H17Cl3N2O5/c1-2-15(25)24-14-5-3-4-10(17(14)22)9-29-18-12(20)6-11(7-13(18)21)19(28)23-8-16(26)27/h3-7H,2,8-9H2,1H3,(H,23,28)(H,24,25)(H,26,27). The van der Waals surface area contributed by atoms with Crippen molar-refractivity contribution >= 4 is 58.3 Å². The van der Waals surface area contributed by atoms with Gasteiger partial charge in [0.1, 0.15) is 13.2 Å². The SMILES string of the molecule is CCC(=O)Nc1cccc(COc2c(Cl)cc(C(=O)NCC(=O)O)cc2Cl)c1Cl. The van der Waals surface area contributed by atoms with Gasteiger partial charge < -0.3 is 20.5 Å². The number of carboxylic acid groups (broad SMARTS) is 1. The molecule has 0 aliphatic carbocycles. The first-order valence-electron chi connectivity index (χ1n) is 8.42. The molecule has 0 aromatic heterocycles. The second-order valence-electron chi connectivity index (χ2n) is 5.81. The number of rotatable bonds is 8. The number of hydrogen-bond acceptors (Lipinski definition) is 4. The zero-order valence-electron chi connectivity index (χ0n) is 15.2. The van der Waals surface area contributed by atoms with Crippen LogP contribution in [0.25, 0.3) is 0 Å². The smallest absolute Gasteiger partial charge is 0.322 e. The summed E-state index contributed by atoms with van der Waals surface area (Å²) in [6, 6.07) is 7.75. The maximum absolute atomic E-state index is 12.0. The zero-order chi connectivity index (χ0) is 21.6. The number of benzene rings is 2. The van der Waals surface area contributed by atoms with Gasteiger partial charge in [0.15, 0.2) is 5.75 Å². The molecule has 0 spiro atoms. The molecule has 0 bridgehead atoms. The Morgan fingerprint density at radius 2 is 1.76 bits per heavy atom. The number of hydrogen-bond donors (Lipinski definition) is 3. The molecule has 0 radical (unpaired) electrons. The average molecular weight is 460 g/mol. The second-order valence-corrected chi connectivity index (χ2v) is 7.01. The Morgan fingerprint density at radius 1 is 1.10 bits per heavy atom. The van der Waals surface area contributed by atoms with Gasteiger partial charge >= 0.3 is 5.97 Å². The molecule has 0 atom stereocenters. The molecule has 2 amide bonds. The molecule has 3 N–H and O–H groups in total. The Labute approximate surface area is 181 Å². The van der Waals surface area contributed by atoms with E-state index >= 15 is 0 Å². The lowest BCUT2D eigenvalue weighted by Gasteiger charge is -2.14. The van der Waals surface area contributed by atoms with E-state index in [-0.39, 0.29) is 33.9 Å². The Kier molecular flexibility index (Phi) is 8.13. The van der Waals surface area contributed by atoms with Crippen LogP contribution in [-0.2, 0) is 16.2 Å². The van der Waals surface area contributed by atoms with Crippen molar-refractivity contribution in [1.29, 1.82) is 0 Å². The van der Waals surface area contributed by atoms with Crippen LogP contribution in [0.4, 0.5) is 5.69 Å². The Morgan fingerprint density at radius 3 is 2.34 bits per heavy atom. The number of carboxylic acids is 1. The van der Waals surface area contributed by atoms with Gasteiger partial charge in [0, 0.05) is 17.5 Å². The van der Waals surface area contributed by atoms with Crippen molar-refractivity contribution < 1.29 is 24.2 Å². The molecule has 0 heterocycles. The summed E-state index contributed by atoms with van der Waals surface area (Å²) in [5, 5.41) is 14.0. The Balaban J connectivity index is 2.15. The molecule has 154 valence electrons. The number of nitrogens with one attached hydrogen (secondary N) is 2. The summed E-state index contributed by atoms with van der Waals surface area (Å²) in [6.45, 7) is 1.21. The maximum Gasteiger partial charge on any atom is 0.322 e. The number of aliphatic carboxylic acids is 1. The predicted molar refractivity (Wildman–Crippen MR) is 111 cm³/mol. The largest absolute Gasteiger partial charge is 0.486 e. The van der Waals surface area contributed by atoms with E-state index < -0.39 is 18.4 Å².